The average molecular weight is 422 g/mol. The molecule has 7 nitrogen and oxygen atoms in total. The number of nitrogens with two attached hydrogens (primary N) is 2. The predicted molar refractivity (Wildman–Crippen MR) is 125 cm³/mol. The summed E-state index contributed by atoms with van der Waals surface area (Å²) < 4.78 is 0. The molecule has 4 rings (SSSR count). The molecule has 5 N–H and O–H groups in total. The van der Waals surface area contributed by atoms with Crippen molar-refractivity contribution in [3.63, 3.8) is 0 Å². The summed E-state index contributed by atoms with van der Waals surface area (Å²) >= 11 is 0. The molecule has 0 bridgehead atoms. The van der Waals surface area contributed by atoms with Crippen LogP contribution in [-0.2, 0) is 0 Å². The van der Waals surface area contributed by atoms with E-state index in [0.717, 1.165) is 16.7 Å². The highest BCUT2D eigenvalue weighted by atomic mass is 16.1. The van der Waals surface area contributed by atoms with Gasteiger partial charge < -0.3 is 16.8 Å². The van der Waals surface area contributed by atoms with Gasteiger partial charge >= 0.3 is 0 Å². The van der Waals surface area contributed by atoms with E-state index in [1.54, 1.807) is 18.2 Å². The van der Waals surface area contributed by atoms with E-state index in [0.29, 0.717) is 27.8 Å². The summed E-state index contributed by atoms with van der Waals surface area (Å²) in [5.41, 5.74) is 15.9. The number of fused-ring (bicyclic) bond motifs is 1. The smallest absolute Gasteiger partial charge is 0.250 e. The lowest BCUT2D eigenvalue weighted by atomic mass is 9.97. The van der Waals surface area contributed by atoms with Crippen LogP contribution in [0.2, 0.25) is 0 Å². The molecule has 0 aliphatic heterocycles. The maximum atomic E-state index is 12.2. The number of hydrogen-bond donors (Lipinski definition) is 3. The van der Waals surface area contributed by atoms with Crippen molar-refractivity contribution >= 4 is 22.6 Å². The number of nitriles is 1. The van der Waals surface area contributed by atoms with E-state index in [2.05, 4.69) is 21.4 Å². The molecule has 32 heavy (non-hydrogen) atoms. The third-order valence-electron chi connectivity index (χ3n) is 5.33. The summed E-state index contributed by atoms with van der Waals surface area (Å²) in [4.78, 5) is 21.0. The normalized spacial score (nSPS) is 12.7. The zero-order valence-corrected chi connectivity index (χ0v) is 17.5. The monoisotopic (exact) mass is 422 g/mol. The third kappa shape index (κ3) is 4.13. The minimum absolute atomic E-state index is 0.204. The summed E-state index contributed by atoms with van der Waals surface area (Å²) in [6.07, 6.45) is 1.40. The zero-order valence-electron chi connectivity index (χ0n) is 17.5. The predicted octanol–water partition coefficient (Wildman–Crippen LogP) is 3.77. The number of rotatable bonds is 6. The Bertz CT molecular complexity index is 1310. The van der Waals surface area contributed by atoms with Crippen LogP contribution >= 0.6 is 0 Å². The van der Waals surface area contributed by atoms with Crippen molar-refractivity contribution in [1.29, 1.82) is 5.26 Å². The lowest BCUT2D eigenvalue weighted by molar-refractivity contribution is 0.100. The van der Waals surface area contributed by atoms with E-state index in [4.69, 9.17) is 16.7 Å². The fraction of sp³-hybridized carbons (Fsp3) is 0.120. The quantitative estimate of drug-likeness (QED) is 0.433. The first kappa shape index (κ1) is 21.0. The van der Waals surface area contributed by atoms with Gasteiger partial charge in [-0.15, -0.1) is 0 Å². The standard InChI is InChI=1S/C25H22N6O/c1-15(27)22(18-5-3-2-4-6-18)31-25-21-12-19(17-9-7-16(13-26)8-10-17)11-20(24(28)32)23(21)29-14-30-25/h2-12,14-15,22H,27H2,1H3,(H2,28,32)(H,29,30,31). The van der Waals surface area contributed by atoms with E-state index in [9.17, 15) is 4.79 Å². The molecule has 2 atom stereocenters. The van der Waals surface area contributed by atoms with Gasteiger partial charge in [0.1, 0.15) is 12.1 Å². The second-order valence-electron chi connectivity index (χ2n) is 7.59. The van der Waals surface area contributed by atoms with E-state index in [-0.39, 0.29) is 12.1 Å². The number of nitrogens with zero attached hydrogens (tertiary/aromatic N) is 3. The molecule has 0 aliphatic carbocycles. The Balaban J connectivity index is 1.87. The van der Waals surface area contributed by atoms with Crippen molar-refractivity contribution in [2.45, 2.75) is 19.0 Å². The Morgan fingerprint density at radius 3 is 2.38 bits per heavy atom. The zero-order chi connectivity index (χ0) is 22.7. The summed E-state index contributed by atoms with van der Waals surface area (Å²) in [5.74, 6) is -0.0268. The molecule has 0 fully saturated rings. The van der Waals surface area contributed by atoms with Crippen molar-refractivity contribution in [1.82, 2.24) is 9.97 Å². The first-order chi connectivity index (χ1) is 15.5. The number of amides is 1. The molecule has 7 heteroatoms. The Morgan fingerprint density at radius 1 is 1.03 bits per heavy atom. The number of aromatic nitrogens is 2. The van der Waals surface area contributed by atoms with Gasteiger partial charge in [0.2, 0.25) is 0 Å². The van der Waals surface area contributed by atoms with Gasteiger partial charge in [0.25, 0.3) is 5.91 Å². The molecule has 0 spiro atoms. The van der Waals surface area contributed by atoms with Crippen LogP contribution in [0.15, 0.2) is 73.1 Å². The first-order valence-corrected chi connectivity index (χ1v) is 10.1. The lowest BCUT2D eigenvalue weighted by Crippen LogP contribution is -2.30. The van der Waals surface area contributed by atoms with Crippen molar-refractivity contribution in [2.24, 2.45) is 11.5 Å². The number of nitrogens with one attached hydrogen (secondary N) is 1. The fourth-order valence-corrected chi connectivity index (χ4v) is 3.70. The average Bonchev–Trinajstić information content (AvgIpc) is 2.82. The summed E-state index contributed by atoms with van der Waals surface area (Å²) in [6.45, 7) is 1.92. The third-order valence-corrected chi connectivity index (χ3v) is 5.33. The van der Waals surface area contributed by atoms with Crippen LogP contribution in [0.1, 0.15) is 34.5 Å². The molecule has 2 unspecified atom stereocenters. The van der Waals surface area contributed by atoms with E-state index < -0.39 is 5.91 Å². The van der Waals surface area contributed by atoms with Gasteiger partial charge in [-0.1, -0.05) is 42.5 Å². The molecule has 4 aromatic rings. The fourth-order valence-electron chi connectivity index (χ4n) is 3.70. The molecule has 1 aromatic heterocycles. The van der Waals surface area contributed by atoms with Crippen LogP contribution in [0.25, 0.3) is 22.0 Å². The van der Waals surface area contributed by atoms with Crippen molar-refractivity contribution in [3.8, 4) is 17.2 Å². The highest BCUT2D eigenvalue weighted by Gasteiger charge is 2.20. The van der Waals surface area contributed by atoms with Crippen LogP contribution in [0, 0.1) is 11.3 Å². The molecule has 158 valence electrons. The minimum Gasteiger partial charge on any atom is -0.366 e. The molecule has 1 amide bonds. The number of primary amides is 1. The van der Waals surface area contributed by atoms with Gasteiger partial charge in [0, 0.05) is 11.4 Å². The van der Waals surface area contributed by atoms with E-state index >= 15 is 0 Å². The largest absolute Gasteiger partial charge is 0.366 e. The lowest BCUT2D eigenvalue weighted by Gasteiger charge is -2.24. The summed E-state index contributed by atoms with van der Waals surface area (Å²) in [5, 5.41) is 13.2. The molecule has 0 radical (unpaired) electrons. The SMILES string of the molecule is CC(N)C(Nc1ncnc2c(C(N)=O)cc(-c3ccc(C#N)cc3)cc12)c1ccccc1. The summed E-state index contributed by atoms with van der Waals surface area (Å²) in [7, 11) is 0. The molecule has 0 saturated heterocycles. The van der Waals surface area contributed by atoms with E-state index in [1.165, 1.54) is 6.33 Å². The molecule has 1 heterocycles. The second-order valence-corrected chi connectivity index (χ2v) is 7.59. The Hall–Kier alpha value is -4.28. The number of carbonyl (C=O) groups is 1. The molecular formula is C25H22N6O. The maximum Gasteiger partial charge on any atom is 0.250 e. The first-order valence-electron chi connectivity index (χ1n) is 10.1. The van der Waals surface area contributed by atoms with Crippen LogP contribution in [0.4, 0.5) is 5.82 Å². The number of benzene rings is 3. The molecule has 0 saturated carbocycles. The maximum absolute atomic E-state index is 12.2. The Labute approximate surface area is 185 Å². The highest BCUT2D eigenvalue weighted by Crippen LogP contribution is 2.32. The van der Waals surface area contributed by atoms with Crippen LogP contribution in [-0.4, -0.2) is 21.9 Å². The minimum atomic E-state index is -0.582. The van der Waals surface area contributed by atoms with Gasteiger partial charge in [0.05, 0.1) is 28.8 Å². The van der Waals surface area contributed by atoms with Crippen molar-refractivity contribution in [3.05, 3.63) is 89.7 Å². The molecular weight excluding hydrogens is 400 g/mol. The van der Waals surface area contributed by atoms with Gasteiger partial charge in [-0.2, -0.15) is 5.26 Å². The van der Waals surface area contributed by atoms with Gasteiger partial charge in [-0.05, 0) is 47.9 Å². The number of carbonyl (C=O) groups excluding carboxylic acids is 1. The van der Waals surface area contributed by atoms with Gasteiger partial charge in [-0.25, -0.2) is 9.97 Å². The van der Waals surface area contributed by atoms with Crippen LogP contribution in [0.5, 0.6) is 0 Å². The number of anilines is 1. The topological polar surface area (TPSA) is 131 Å². The van der Waals surface area contributed by atoms with Crippen molar-refractivity contribution in [2.75, 3.05) is 5.32 Å². The number of hydrogen-bond acceptors (Lipinski definition) is 6. The van der Waals surface area contributed by atoms with Crippen molar-refractivity contribution < 1.29 is 4.79 Å². The second kappa shape index (κ2) is 8.84. The Morgan fingerprint density at radius 2 is 1.75 bits per heavy atom. The molecule has 0 aliphatic rings. The molecule has 3 aromatic carbocycles. The van der Waals surface area contributed by atoms with Crippen LogP contribution < -0.4 is 16.8 Å². The highest BCUT2D eigenvalue weighted by molar-refractivity contribution is 6.08. The van der Waals surface area contributed by atoms with Crippen LogP contribution in [0.3, 0.4) is 0 Å². The van der Waals surface area contributed by atoms with Gasteiger partial charge in [0.15, 0.2) is 0 Å². The van der Waals surface area contributed by atoms with E-state index in [1.807, 2.05) is 55.5 Å². The Kier molecular flexibility index (Phi) is 5.79. The van der Waals surface area contributed by atoms with Gasteiger partial charge in [-0.3, -0.25) is 4.79 Å². The summed E-state index contributed by atoms with van der Waals surface area (Å²) in [6, 6.07) is 22.3.